The highest BCUT2D eigenvalue weighted by atomic mass is 19.4. The summed E-state index contributed by atoms with van der Waals surface area (Å²) in [7, 11) is 4.16. The molecular formula is C73H118F4N12O. The number of hydrogen-bond donors (Lipinski definition) is 6. The number of halogens is 4. The molecule has 12 atom stereocenters. The maximum atomic E-state index is 14.8. The van der Waals surface area contributed by atoms with Crippen molar-refractivity contribution in [3.05, 3.63) is 119 Å². The molecule has 13 nitrogen and oxygen atoms in total. The molecule has 0 bridgehead atoms. The quantitative estimate of drug-likeness (QED) is 0.114. The van der Waals surface area contributed by atoms with Gasteiger partial charge in [-0.3, -0.25) is 14.7 Å². The van der Waals surface area contributed by atoms with Gasteiger partial charge in [-0.15, -0.1) is 0 Å². The molecule has 0 radical (unpaired) electrons. The van der Waals surface area contributed by atoms with Crippen LogP contribution in [-0.2, 0) is 23.8 Å². The number of amides is 1. The van der Waals surface area contributed by atoms with E-state index in [0.717, 1.165) is 121 Å². The van der Waals surface area contributed by atoms with Gasteiger partial charge < -0.3 is 51.5 Å². The van der Waals surface area contributed by atoms with Gasteiger partial charge in [0.15, 0.2) is 0 Å². The number of carbonyl (C=O) groups excluding carboxylic acids is 1. The van der Waals surface area contributed by atoms with E-state index in [2.05, 4.69) is 178 Å². The zero-order chi connectivity index (χ0) is 65.3. The van der Waals surface area contributed by atoms with Gasteiger partial charge in [-0.2, -0.15) is 13.2 Å². The smallest absolute Gasteiger partial charge is 0.369 e. The normalized spacial score (nSPS) is 28.8. The lowest BCUT2D eigenvalue weighted by molar-refractivity contribution is -0.160. The number of aliphatic imine (C=N–C) groups is 1. The minimum atomic E-state index is -4.77. The van der Waals surface area contributed by atoms with Gasteiger partial charge in [-0.05, 0) is 146 Å². The molecular weight excluding hydrogens is 1140 g/mol. The van der Waals surface area contributed by atoms with Crippen LogP contribution in [0.2, 0.25) is 0 Å². The van der Waals surface area contributed by atoms with Crippen LogP contribution in [0.3, 0.4) is 0 Å². The highest BCUT2D eigenvalue weighted by molar-refractivity contribution is 5.82. The Kier molecular flexibility index (Phi) is 27.8. The second-order valence-electron chi connectivity index (χ2n) is 28.3. The molecule has 17 heteroatoms. The zero-order valence-corrected chi connectivity index (χ0v) is 57.7. The van der Waals surface area contributed by atoms with Crippen LogP contribution in [0.5, 0.6) is 0 Å². The maximum absolute atomic E-state index is 14.8. The second kappa shape index (κ2) is 34.4. The summed E-state index contributed by atoms with van der Waals surface area (Å²) in [5.74, 6) is 0.356. The third-order valence-electron chi connectivity index (χ3n) is 21.0. The summed E-state index contributed by atoms with van der Waals surface area (Å²) in [5, 5.41) is 24.1. The van der Waals surface area contributed by atoms with Crippen LogP contribution >= 0.6 is 0 Å². The van der Waals surface area contributed by atoms with E-state index >= 15 is 0 Å². The van der Waals surface area contributed by atoms with Gasteiger partial charge in [0.25, 0.3) is 0 Å². The molecule has 4 aliphatic heterocycles. The Bertz CT molecular complexity index is 2680. The Hall–Kier alpha value is -4.78. The van der Waals surface area contributed by atoms with E-state index < -0.39 is 17.6 Å². The minimum Gasteiger partial charge on any atom is -0.369 e. The van der Waals surface area contributed by atoms with E-state index in [0.29, 0.717) is 61.6 Å². The molecule has 1 saturated carbocycles. The fourth-order valence-corrected chi connectivity index (χ4v) is 15.0. The number of allylic oxidation sites excluding steroid dienone is 4. The van der Waals surface area contributed by atoms with Crippen molar-refractivity contribution in [2.75, 3.05) is 66.5 Å². The molecule has 1 aliphatic carbocycles. The first-order valence-electron chi connectivity index (χ1n) is 34.9. The predicted molar refractivity (Wildman–Crippen MR) is 364 cm³/mol. The molecule has 2 aromatic rings. The highest BCUT2D eigenvalue weighted by Crippen LogP contribution is 2.41. The molecule has 1 spiro atoms. The van der Waals surface area contributed by atoms with Crippen LogP contribution in [0.25, 0.3) is 0 Å². The van der Waals surface area contributed by atoms with E-state index in [1.54, 1.807) is 6.21 Å². The van der Waals surface area contributed by atoms with Crippen molar-refractivity contribution in [1.82, 2.24) is 56.4 Å². The van der Waals surface area contributed by atoms with Crippen LogP contribution in [0.4, 0.5) is 17.6 Å². The van der Waals surface area contributed by atoms with Gasteiger partial charge in [-0.25, -0.2) is 4.39 Å². The molecule has 2 aromatic carbocycles. The zero-order valence-electron chi connectivity index (χ0n) is 57.7. The predicted octanol–water partition coefficient (Wildman–Crippen LogP) is 12.4. The van der Waals surface area contributed by atoms with Crippen molar-refractivity contribution in [2.24, 2.45) is 28.7 Å². The van der Waals surface area contributed by atoms with Gasteiger partial charge in [0.1, 0.15) is 5.82 Å². The lowest BCUT2D eigenvalue weighted by Gasteiger charge is -2.60. The Balaban J connectivity index is 1.20. The summed E-state index contributed by atoms with van der Waals surface area (Å²) in [6, 6.07) is 13.6. The topological polar surface area (TPSA) is 118 Å². The molecule has 5 unspecified atom stereocenters. The van der Waals surface area contributed by atoms with E-state index in [1.165, 1.54) is 35.7 Å². The molecule has 90 heavy (non-hydrogen) atoms. The number of nitrogens with zero attached hydrogens (tertiary/aromatic N) is 6. The SMILES string of the molecule is CC[C@H](C)[C@H]1C(C)NC2(CCCC2)CNCCN=CC=C(CCc2ccc(C(F)(F)F)c(F)c2)NC=CN(C)C=C(Cc2ccc(C)cc2)N(C)C=C2CCCN2[C@@H](C)C(C)N[C@@H]([C@@H](C)CC)CN[C@@H](CC(C)C)C(C)NCC2[C@@H](C(=O)N3CCCC3)C(C)N21. The average Bonchev–Trinajstić information content (AvgIpc) is 0.882. The standard InChI is InChI=1S/C73H118F4N12O/c1-15-52(6)67-45-82-66(42-50(3)4)55(9)81-46-68-69(71(90)87-38-19-20-39-87)58(12)89(68)70(53(7)16-2)56(10)84-72(32-17-18-33-72)49-79-36-35-78-34-31-61(29-27-60-28-30-64(65(74)44-60)73(75,76)77)80-37-41-85(13)47-63(43-59-25-23-51(5)24-26-59)86(14)48-62-22-21-40-88(62)57(11)54(8)83-67/h23-26,28,30-31,34,37,41,44,47-48,50,52-58,66-70,79-84H,15-22,27,29,32-33,35-36,38-40,42-43,45-46,49H2,1-14H3/t52-,53-,54?,55?,56?,57-,58?,66-,67+,68?,69-,70-/m0/s1. The van der Waals surface area contributed by atoms with Gasteiger partial charge >= 0.3 is 6.18 Å². The molecule has 504 valence electrons. The molecule has 3 saturated heterocycles. The fourth-order valence-electron chi connectivity index (χ4n) is 15.0. The third-order valence-corrected chi connectivity index (χ3v) is 21.0. The third kappa shape index (κ3) is 20.1. The number of fused-ring (bicyclic) bond motifs is 2. The molecule has 4 heterocycles. The number of carbonyl (C=O) groups is 1. The second-order valence-corrected chi connectivity index (χ2v) is 28.3. The number of nitrogens with one attached hydrogen (secondary N) is 6. The van der Waals surface area contributed by atoms with Crippen molar-refractivity contribution < 1.29 is 22.4 Å². The molecule has 7 rings (SSSR count). The van der Waals surface area contributed by atoms with Gasteiger partial charge in [0, 0.05) is 174 Å². The lowest BCUT2D eigenvalue weighted by Crippen LogP contribution is -2.76. The number of alkyl halides is 3. The first kappa shape index (κ1) is 72.6. The number of rotatable bonds is 12. The van der Waals surface area contributed by atoms with Crippen molar-refractivity contribution in [3.63, 3.8) is 0 Å². The van der Waals surface area contributed by atoms with E-state index in [9.17, 15) is 22.4 Å². The Morgan fingerprint density at radius 1 is 0.800 bits per heavy atom. The first-order valence-corrected chi connectivity index (χ1v) is 34.9. The first-order chi connectivity index (χ1) is 42.9. The summed E-state index contributed by atoms with van der Waals surface area (Å²) in [5.41, 5.74) is 4.78. The summed E-state index contributed by atoms with van der Waals surface area (Å²) in [4.78, 5) is 31.4. The highest BCUT2D eigenvalue weighted by Gasteiger charge is 2.55. The van der Waals surface area contributed by atoms with E-state index in [1.807, 2.05) is 30.4 Å². The lowest BCUT2D eigenvalue weighted by atomic mass is 9.74. The summed E-state index contributed by atoms with van der Waals surface area (Å²) >= 11 is 0. The van der Waals surface area contributed by atoms with Gasteiger partial charge in [0.2, 0.25) is 5.91 Å². The number of benzene rings is 2. The number of likely N-dealkylation sites (N-methyl/N-ethyl adjacent to an activating group) is 1. The molecule has 1 amide bonds. The Morgan fingerprint density at radius 2 is 1.50 bits per heavy atom. The number of hydrogen-bond acceptors (Lipinski definition) is 12. The maximum Gasteiger partial charge on any atom is 0.419 e. The van der Waals surface area contributed by atoms with Crippen LogP contribution < -0.4 is 31.9 Å². The van der Waals surface area contributed by atoms with E-state index in [-0.39, 0.29) is 65.8 Å². The molecule has 6 N–H and O–H groups in total. The minimum absolute atomic E-state index is 0.0630. The average molecular weight is 1260 g/mol. The monoisotopic (exact) mass is 1250 g/mol. The van der Waals surface area contributed by atoms with Crippen LogP contribution in [-0.4, -0.2) is 163 Å². The van der Waals surface area contributed by atoms with Crippen molar-refractivity contribution in [1.29, 1.82) is 0 Å². The number of aryl methyl sites for hydroxylation is 2. The largest absolute Gasteiger partial charge is 0.419 e. The summed E-state index contributed by atoms with van der Waals surface area (Å²) < 4.78 is 55.4. The van der Waals surface area contributed by atoms with Crippen molar-refractivity contribution in [2.45, 2.75) is 239 Å². The van der Waals surface area contributed by atoms with Gasteiger partial charge in [-0.1, -0.05) is 103 Å². The Morgan fingerprint density at radius 3 is 2.17 bits per heavy atom. The van der Waals surface area contributed by atoms with Crippen LogP contribution in [0.1, 0.15) is 175 Å². The van der Waals surface area contributed by atoms with Crippen molar-refractivity contribution >= 4 is 12.1 Å². The van der Waals surface area contributed by atoms with Crippen LogP contribution in [0, 0.1) is 36.4 Å². The molecule has 5 aliphatic rings. The Labute approximate surface area is 541 Å². The number of likely N-dealkylation sites (tertiary alicyclic amines) is 1. The van der Waals surface area contributed by atoms with E-state index in [4.69, 9.17) is 4.99 Å². The van der Waals surface area contributed by atoms with Crippen molar-refractivity contribution in [3.8, 4) is 0 Å². The molecule has 4 fully saturated rings. The fraction of sp³-hybridized carbons (Fsp3) is 0.699. The van der Waals surface area contributed by atoms with Crippen LogP contribution in [0.15, 0.2) is 95.4 Å². The van der Waals surface area contributed by atoms with Gasteiger partial charge in [0.05, 0.1) is 18.0 Å². The summed E-state index contributed by atoms with van der Waals surface area (Å²) in [6.45, 7) is 34.5. The summed E-state index contributed by atoms with van der Waals surface area (Å²) in [6.07, 6.45) is 20.6. The molecule has 0 aromatic heterocycles.